The van der Waals surface area contributed by atoms with E-state index in [2.05, 4.69) is 15.3 Å². The number of anilines is 1. The number of rotatable bonds is 4. The Hall–Kier alpha value is -1.52. The van der Waals surface area contributed by atoms with Crippen molar-refractivity contribution >= 4 is 16.9 Å². The van der Waals surface area contributed by atoms with Gasteiger partial charge in [0, 0.05) is 6.04 Å². The van der Waals surface area contributed by atoms with Gasteiger partial charge in [0.2, 0.25) is 0 Å². The molecule has 1 aliphatic carbocycles. The summed E-state index contributed by atoms with van der Waals surface area (Å²) >= 11 is -2.22. The van der Waals surface area contributed by atoms with Gasteiger partial charge in [-0.3, -0.25) is 4.21 Å². The van der Waals surface area contributed by atoms with Crippen molar-refractivity contribution in [2.75, 3.05) is 5.32 Å². The molecule has 17 heavy (non-hydrogen) atoms. The van der Waals surface area contributed by atoms with E-state index < -0.39 is 11.1 Å². The molecule has 1 saturated carbocycles. The maximum Gasteiger partial charge on any atom is 0.147 e. The predicted molar refractivity (Wildman–Crippen MR) is 60.6 cm³/mol. The molecule has 0 radical (unpaired) electrons. The van der Waals surface area contributed by atoms with Gasteiger partial charge in [-0.25, -0.2) is 9.97 Å². The van der Waals surface area contributed by atoms with Crippen LogP contribution in [0, 0.1) is 11.3 Å². The van der Waals surface area contributed by atoms with Gasteiger partial charge in [-0.1, -0.05) is 0 Å². The van der Waals surface area contributed by atoms with Crippen LogP contribution in [0.3, 0.4) is 0 Å². The standard InChI is InChI=1S/C10H12N4O2S/c11-4-7-5-12-9(6-17(15)16)14-10(7)13-8-2-1-3-8/h5,8H,1-3,6H2,(H,15,16)(H,12,13,14)/p-1. The minimum atomic E-state index is -2.22. The Morgan fingerprint density at radius 2 is 2.41 bits per heavy atom. The zero-order valence-electron chi connectivity index (χ0n) is 9.05. The van der Waals surface area contributed by atoms with E-state index in [1.165, 1.54) is 12.6 Å². The fourth-order valence-corrected chi connectivity index (χ4v) is 1.88. The summed E-state index contributed by atoms with van der Waals surface area (Å²) in [6.45, 7) is 0. The highest BCUT2D eigenvalue weighted by Crippen LogP contribution is 2.23. The summed E-state index contributed by atoms with van der Waals surface area (Å²) in [6.07, 6.45) is 4.63. The lowest BCUT2D eigenvalue weighted by molar-refractivity contribution is 0.444. The molecule has 1 aromatic rings. The molecule has 1 atom stereocenters. The van der Waals surface area contributed by atoms with Crippen molar-refractivity contribution in [2.24, 2.45) is 0 Å². The molecule has 0 bridgehead atoms. The molecule has 0 amide bonds. The monoisotopic (exact) mass is 251 g/mol. The van der Waals surface area contributed by atoms with Crippen LogP contribution >= 0.6 is 0 Å². The molecular formula is C10H11N4O2S-. The number of nitriles is 1. The molecule has 0 spiro atoms. The van der Waals surface area contributed by atoms with Gasteiger partial charge in [-0.05, 0) is 30.3 Å². The van der Waals surface area contributed by atoms with E-state index in [0.29, 0.717) is 17.4 Å². The molecule has 2 rings (SSSR count). The lowest BCUT2D eigenvalue weighted by Crippen LogP contribution is -2.28. The molecule has 6 nitrogen and oxygen atoms in total. The first-order valence-electron chi connectivity index (χ1n) is 5.27. The Labute approximate surface area is 101 Å². The molecule has 1 heterocycles. The fraction of sp³-hybridized carbons (Fsp3) is 0.500. The minimum absolute atomic E-state index is 0.208. The second-order valence-electron chi connectivity index (χ2n) is 3.88. The maximum absolute atomic E-state index is 10.6. The Balaban J connectivity index is 2.19. The quantitative estimate of drug-likeness (QED) is 0.790. The van der Waals surface area contributed by atoms with Gasteiger partial charge in [0.15, 0.2) is 0 Å². The van der Waals surface area contributed by atoms with Crippen molar-refractivity contribution in [1.29, 1.82) is 5.26 Å². The molecular weight excluding hydrogens is 240 g/mol. The average Bonchev–Trinajstić information content (AvgIpc) is 2.23. The smallest absolute Gasteiger partial charge is 0.147 e. The van der Waals surface area contributed by atoms with Gasteiger partial charge in [-0.15, -0.1) is 0 Å². The van der Waals surface area contributed by atoms with Crippen LogP contribution in [-0.2, 0) is 16.8 Å². The minimum Gasteiger partial charge on any atom is -0.772 e. The van der Waals surface area contributed by atoms with Crippen molar-refractivity contribution in [3.8, 4) is 6.07 Å². The Morgan fingerprint density at radius 1 is 1.65 bits per heavy atom. The Kier molecular flexibility index (Phi) is 3.66. The lowest BCUT2D eigenvalue weighted by Gasteiger charge is -2.27. The van der Waals surface area contributed by atoms with E-state index >= 15 is 0 Å². The van der Waals surface area contributed by atoms with Crippen molar-refractivity contribution in [2.45, 2.75) is 31.1 Å². The van der Waals surface area contributed by atoms with Gasteiger partial charge in [0.25, 0.3) is 0 Å². The predicted octanol–water partition coefficient (Wildman–Crippen LogP) is 0.692. The summed E-state index contributed by atoms with van der Waals surface area (Å²) in [7, 11) is 0. The van der Waals surface area contributed by atoms with Crippen molar-refractivity contribution in [1.82, 2.24) is 9.97 Å². The number of hydrogen-bond acceptors (Lipinski definition) is 6. The third kappa shape index (κ3) is 2.99. The summed E-state index contributed by atoms with van der Waals surface area (Å²) in [5, 5.41) is 12.0. The highest BCUT2D eigenvalue weighted by Gasteiger charge is 2.19. The molecule has 0 aliphatic heterocycles. The van der Waals surface area contributed by atoms with E-state index in [-0.39, 0.29) is 11.6 Å². The van der Waals surface area contributed by atoms with Gasteiger partial charge in [-0.2, -0.15) is 5.26 Å². The SMILES string of the molecule is N#Cc1cnc(CS(=O)[O-])nc1NC1CCC1. The zero-order valence-corrected chi connectivity index (χ0v) is 9.87. The Bertz CT molecular complexity index is 482. The first kappa shape index (κ1) is 12.0. The van der Waals surface area contributed by atoms with Crippen molar-refractivity contribution < 1.29 is 8.76 Å². The van der Waals surface area contributed by atoms with Gasteiger partial charge < -0.3 is 9.87 Å². The van der Waals surface area contributed by atoms with E-state index in [4.69, 9.17) is 5.26 Å². The second-order valence-corrected chi connectivity index (χ2v) is 4.78. The van der Waals surface area contributed by atoms with Crippen LogP contribution in [-0.4, -0.2) is 24.8 Å². The van der Waals surface area contributed by atoms with Gasteiger partial charge >= 0.3 is 0 Å². The van der Waals surface area contributed by atoms with Crippen LogP contribution in [0.25, 0.3) is 0 Å². The zero-order chi connectivity index (χ0) is 12.3. The van der Waals surface area contributed by atoms with Crippen molar-refractivity contribution in [3.05, 3.63) is 17.6 Å². The van der Waals surface area contributed by atoms with Crippen LogP contribution in [0.5, 0.6) is 0 Å². The number of nitrogens with zero attached hydrogens (tertiary/aromatic N) is 3. The molecule has 1 aromatic heterocycles. The molecule has 7 heteroatoms. The molecule has 1 aliphatic rings. The van der Waals surface area contributed by atoms with Crippen molar-refractivity contribution in [3.63, 3.8) is 0 Å². The van der Waals surface area contributed by atoms with Gasteiger partial charge in [0.05, 0.1) is 11.9 Å². The normalized spacial score (nSPS) is 16.9. The molecule has 0 aromatic carbocycles. The topological polar surface area (TPSA) is 102 Å². The van der Waals surface area contributed by atoms with Crippen LogP contribution in [0.4, 0.5) is 5.82 Å². The van der Waals surface area contributed by atoms with Crippen LogP contribution in [0.1, 0.15) is 30.7 Å². The number of hydrogen-bond donors (Lipinski definition) is 1. The summed E-state index contributed by atoms with van der Waals surface area (Å²) in [6, 6.07) is 2.32. The Morgan fingerprint density at radius 3 is 2.94 bits per heavy atom. The molecule has 1 N–H and O–H groups in total. The summed E-state index contributed by atoms with van der Waals surface area (Å²) in [4.78, 5) is 7.90. The summed E-state index contributed by atoms with van der Waals surface area (Å²) in [5.74, 6) is 0.414. The summed E-state index contributed by atoms with van der Waals surface area (Å²) < 4.78 is 21.1. The second kappa shape index (κ2) is 5.21. The average molecular weight is 251 g/mol. The number of aromatic nitrogens is 2. The van der Waals surface area contributed by atoms with Crippen LogP contribution in [0.15, 0.2) is 6.20 Å². The number of nitrogens with one attached hydrogen (secondary N) is 1. The fourth-order valence-electron chi connectivity index (χ4n) is 1.53. The molecule has 1 fully saturated rings. The van der Waals surface area contributed by atoms with Gasteiger partial charge in [0.1, 0.15) is 23.3 Å². The molecule has 1 unspecified atom stereocenters. The van der Waals surface area contributed by atoms with Crippen LogP contribution in [0.2, 0.25) is 0 Å². The summed E-state index contributed by atoms with van der Waals surface area (Å²) in [5.41, 5.74) is 0.345. The largest absolute Gasteiger partial charge is 0.772 e. The third-order valence-electron chi connectivity index (χ3n) is 2.65. The first-order chi connectivity index (χ1) is 8.19. The molecule has 90 valence electrons. The highest BCUT2D eigenvalue weighted by molar-refractivity contribution is 7.78. The first-order valence-corrected chi connectivity index (χ1v) is 6.52. The third-order valence-corrected chi connectivity index (χ3v) is 3.15. The molecule has 0 saturated heterocycles. The van der Waals surface area contributed by atoms with E-state index in [9.17, 15) is 8.76 Å². The maximum atomic E-state index is 10.6. The lowest BCUT2D eigenvalue weighted by atomic mass is 9.93. The van der Waals surface area contributed by atoms with E-state index in [1.807, 2.05) is 6.07 Å². The van der Waals surface area contributed by atoms with E-state index in [0.717, 1.165) is 12.8 Å². The van der Waals surface area contributed by atoms with Crippen LogP contribution < -0.4 is 5.32 Å². The highest BCUT2D eigenvalue weighted by atomic mass is 32.2. The van der Waals surface area contributed by atoms with E-state index in [1.54, 1.807) is 0 Å².